The molecule has 8 nitrogen and oxygen atoms in total. The molecular weight excluding hydrogens is 520 g/mol. The van der Waals surface area contributed by atoms with E-state index in [1.807, 2.05) is 54.6 Å². The third-order valence-electron chi connectivity index (χ3n) is 8.29. The van der Waals surface area contributed by atoms with Crippen LogP contribution >= 0.6 is 0 Å². The minimum absolute atomic E-state index is 0.0619. The number of amides is 2. The number of rotatable bonds is 14. The largest absolute Gasteiger partial charge is 0.497 e. The van der Waals surface area contributed by atoms with E-state index in [1.54, 1.807) is 21.0 Å². The number of Topliss-reactive ketones (excluding diaryl/α,β-unsaturated/α-hetero) is 2. The molecule has 1 aliphatic carbocycles. The summed E-state index contributed by atoms with van der Waals surface area (Å²) < 4.78 is 10.7. The van der Waals surface area contributed by atoms with Crippen LogP contribution in [-0.4, -0.2) is 54.8 Å². The zero-order valence-corrected chi connectivity index (χ0v) is 24.3. The summed E-state index contributed by atoms with van der Waals surface area (Å²) in [5.41, 5.74) is 0.865. The lowest BCUT2D eigenvalue weighted by atomic mass is 9.88. The second-order valence-corrected chi connectivity index (χ2v) is 11.6. The molecule has 220 valence electrons. The van der Waals surface area contributed by atoms with Gasteiger partial charge in [0.15, 0.2) is 11.6 Å². The second-order valence-electron chi connectivity index (χ2n) is 11.6. The summed E-state index contributed by atoms with van der Waals surface area (Å²) in [7, 11) is 1.58. The molecule has 0 spiro atoms. The first-order chi connectivity index (χ1) is 19.7. The zero-order valence-electron chi connectivity index (χ0n) is 24.3. The quantitative estimate of drug-likeness (QED) is 0.337. The van der Waals surface area contributed by atoms with Crippen LogP contribution < -0.4 is 15.4 Å². The lowest BCUT2D eigenvalue weighted by molar-refractivity contribution is -0.135. The number of ether oxygens (including phenoxy) is 2. The normalized spacial score (nSPS) is 20.8. The van der Waals surface area contributed by atoms with Gasteiger partial charge in [0.05, 0.1) is 25.8 Å². The Balaban J connectivity index is 1.49. The molecule has 4 atom stereocenters. The molecule has 8 heteroatoms. The molecule has 4 rings (SSSR count). The average molecular weight is 563 g/mol. The molecule has 2 amide bonds. The zero-order chi connectivity index (χ0) is 29.4. The minimum Gasteiger partial charge on any atom is -0.497 e. The van der Waals surface area contributed by atoms with E-state index >= 15 is 0 Å². The molecule has 41 heavy (non-hydrogen) atoms. The topological polar surface area (TPSA) is 114 Å². The molecule has 0 aromatic heterocycles. The number of hydrogen-bond donors (Lipinski definition) is 2. The van der Waals surface area contributed by atoms with Gasteiger partial charge in [-0.05, 0) is 62.8 Å². The van der Waals surface area contributed by atoms with E-state index in [0.717, 1.165) is 43.2 Å². The number of hydrogen-bond acceptors (Lipinski definition) is 6. The van der Waals surface area contributed by atoms with E-state index in [9.17, 15) is 19.2 Å². The van der Waals surface area contributed by atoms with Crippen molar-refractivity contribution in [1.29, 1.82) is 0 Å². The fourth-order valence-corrected chi connectivity index (χ4v) is 5.47. The number of carbonyl (C=O) groups is 4. The third kappa shape index (κ3) is 8.49. The fourth-order valence-electron chi connectivity index (χ4n) is 5.47. The first-order valence-electron chi connectivity index (χ1n) is 14.7. The van der Waals surface area contributed by atoms with Crippen molar-refractivity contribution < 1.29 is 28.7 Å². The summed E-state index contributed by atoms with van der Waals surface area (Å²) in [6.45, 7) is 3.73. The molecule has 0 radical (unpaired) electrons. The van der Waals surface area contributed by atoms with E-state index < -0.39 is 23.6 Å². The third-order valence-corrected chi connectivity index (χ3v) is 8.29. The van der Waals surface area contributed by atoms with Crippen LogP contribution in [0.3, 0.4) is 0 Å². The average Bonchev–Trinajstić information content (AvgIpc) is 3.75. The first-order valence-corrected chi connectivity index (χ1v) is 14.7. The molecule has 2 aliphatic rings. The van der Waals surface area contributed by atoms with Crippen molar-refractivity contribution >= 4 is 23.4 Å². The van der Waals surface area contributed by atoms with E-state index in [1.165, 1.54) is 0 Å². The Morgan fingerprint density at radius 2 is 1.56 bits per heavy atom. The molecule has 4 unspecified atom stereocenters. The Labute approximate surface area is 242 Å². The van der Waals surface area contributed by atoms with Gasteiger partial charge in [-0.3, -0.25) is 19.2 Å². The van der Waals surface area contributed by atoms with Crippen LogP contribution in [0.1, 0.15) is 63.5 Å². The summed E-state index contributed by atoms with van der Waals surface area (Å²) in [5, 5.41) is 5.84. The lowest BCUT2D eigenvalue weighted by Gasteiger charge is -2.25. The molecule has 2 aromatic carbocycles. The highest BCUT2D eigenvalue weighted by Gasteiger charge is 2.50. The first kappa shape index (κ1) is 30.4. The molecule has 1 saturated heterocycles. The van der Waals surface area contributed by atoms with Gasteiger partial charge in [-0.15, -0.1) is 0 Å². The van der Waals surface area contributed by atoms with Crippen LogP contribution in [0.25, 0.3) is 0 Å². The van der Waals surface area contributed by atoms with E-state index in [4.69, 9.17) is 9.47 Å². The van der Waals surface area contributed by atoms with Crippen LogP contribution in [0.15, 0.2) is 54.6 Å². The van der Waals surface area contributed by atoms with Crippen LogP contribution in [0, 0.1) is 11.8 Å². The van der Waals surface area contributed by atoms with Gasteiger partial charge in [0.25, 0.3) is 0 Å². The number of epoxide rings is 1. The summed E-state index contributed by atoms with van der Waals surface area (Å²) in [5.74, 6) is -0.969. The Kier molecular flexibility index (Phi) is 10.3. The highest BCUT2D eigenvalue weighted by atomic mass is 16.6. The molecule has 2 fully saturated rings. The monoisotopic (exact) mass is 562 g/mol. The standard InChI is InChI=1S/C33H42N2O6/c1-22(34-31(38)25-12-8-5-9-13-25)29(36)20-26(18-24-14-16-27(40-3)17-15-24)32(39)35-28(30(37)33(2)21-41-33)19-23-10-6-4-7-11-23/h4,6-7,10-11,14-17,22,25-26,28H,5,8-9,12-13,18-21H2,1-3H3,(H,34,38)(H,35,39). The van der Waals surface area contributed by atoms with Gasteiger partial charge in [-0.1, -0.05) is 61.7 Å². The number of carbonyl (C=O) groups excluding carboxylic acids is 4. The molecule has 2 aromatic rings. The maximum atomic E-state index is 13.8. The Hall–Kier alpha value is -3.52. The van der Waals surface area contributed by atoms with Crippen molar-refractivity contribution in [2.75, 3.05) is 13.7 Å². The highest BCUT2D eigenvalue weighted by molar-refractivity contribution is 5.98. The van der Waals surface area contributed by atoms with E-state index in [-0.39, 0.29) is 35.7 Å². The SMILES string of the molecule is COc1ccc(CC(CC(=O)C(C)NC(=O)C2CCCCC2)C(=O)NC(Cc2ccccc2)C(=O)C2(C)CO2)cc1. The van der Waals surface area contributed by atoms with Crippen molar-refractivity contribution in [3.63, 3.8) is 0 Å². The van der Waals surface area contributed by atoms with Crippen LogP contribution in [0.4, 0.5) is 0 Å². The smallest absolute Gasteiger partial charge is 0.224 e. The number of benzene rings is 2. The molecule has 2 N–H and O–H groups in total. The van der Waals surface area contributed by atoms with Gasteiger partial charge in [-0.25, -0.2) is 0 Å². The second kappa shape index (κ2) is 13.9. The van der Waals surface area contributed by atoms with E-state index in [0.29, 0.717) is 25.2 Å². The van der Waals surface area contributed by atoms with Crippen LogP contribution in [-0.2, 0) is 36.8 Å². The van der Waals surface area contributed by atoms with Gasteiger partial charge in [-0.2, -0.15) is 0 Å². The van der Waals surface area contributed by atoms with Gasteiger partial charge >= 0.3 is 0 Å². The van der Waals surface area contributed by atoms with Crippen molar-refractivity contribution in [2.45, 2.75) is 82.9 Å². The Morgan fingerprint density at radius 1 is 0.927 bits per heavy atom. The van der Waals surface area contributed by atoms with Crippen molar-refractivity contribution in [2.24, 2.45) is 11.8 Å². The molecule has 1 heterocycles. The molecule has 0 bridgehead atoms. The summed E-state index contributed by atoms with van der Waals surface area (Å²) in [6.07, 6.45) is 5.42. The maximum absolute atomic E-state index is 13.8. The number of ketones is 2. The molecular formula is C33H42N2O6. The number of methoxy groups -OCH3 is 1. The van der Waals surface area contributed by atoms with Gasteiger partial charge in [0.2, 0.25) is 11.8 Å². The van der Waals surface area contributed by atoms with Crippen LogP contribution in [0.2, 0.25) is 0 Å². The lowest BCUT2D eigenvalue weighted by Crippen LogP contribution is -2.50. The van der Waals surface area contributed by atoms with E-state index in [2.05, 4.69) is 10.6 Å². The molecule has 1 saturated carbocycles. The Bertz CT molecular complexity index is 1200. The van der Waals surface area contributed by atoms with Gasteiger partial charge < -0.3 is 20.1 Å². The van der Waals surface area contributed by atoms with Crippen LogP contribution in [0.5, 0.6) is 5.75 Å². The minimum atomic E-state index is -0.911. The molecule has 1 aliphatic heterocycles. The highest BCUT2D eigenvalue weighted by Crippen LogP contribution is 2.29. The maximum Gasteiger partial charge on any atom is 0.224 e. The van der Waals surface area contributed by atoms with Crippen molar-refractivity contribution in [1.82, 2.24) is 10.6 Å². The van der Waals surface area contributed by atoms with Crippen molar-refractivity contribution in [3.05, 3.63) is 65.7 Å². The van der Waals surface area contributed by atoms with Gasteiger partial charge in [0.1, 0.15) is 11.4 Å². The predicted octanol–water partition coefficient (Wildman–Crippen LogP) is 3.98. The predicted molar refractivity (Wildman–Crippen MR) is 155 cm³/mol. The van der Waals surface area contributed by atoms with Crippen molar-refractivity contribution in [3.8, 4) is 5.75 Å². The summed E-state index contributed by atoms with van der Waals surface area (Å²) in [4.78, 5) is 53.3. The summed E-state index contributed by atoms with van der Waals surface area (Å²) in [6, 6.07) is 15.4. The number of nitrogens with one attached hydrogen (secondary N) is 2. The van der Waals surface area contributed by atoms with Gasteiger partial charge in [0, 0.05) is 18.3 Å². The Morgan fingerprint density at radius 3 is 2.17 bits per heavy atom. The summed E-state index contributed by atoms with van der Waals surface area (Å²) >= 11 is 0. The fraction of sp³-hybridized carbons (Fsp3) is 0.515.